The predicted molar refractivity (Wildman–Crippen MR) is 117 cm³/mol. The standard InChI is InChI=1S/C26H24O5/c1-2-19-13-22-21(20-11-7-4-8-12-20)14-25(27)31-24(22)15-23(19)29-17-26(28)30-16-18-9-5-3-6-10-18/h3-14,24H,2,15-17H2,1H3. The second-order valence-electron chi connectivity index (χ2n) is 7.39. The molecule has 2 aromatic rings. The molecule has 0 bridgehead atoms. The van der Waals surface area contributed by atoms with Gasteiger partial charge in [0.15, 0.2) is 6.61 Å². The number of benzene rings is 2. The maximum atomic E-state index is 12.2. The lowest BCUT2D eigenvalue weighted by Gasteiger charge is -2.31. The highest BCUT2D eigenvalue weighted by Crippen LogP contribution is 2.39. The van der Waals surface area contributed by atoms with Crippen LogP contribution in [0.1, 0.15) is 30.9 Å². The van der Waals surface area contributed by atoms with Crippen LogP contribution in [0.2, 0.25) is 0 Å². The lowest BCUT2D eigenvalue weighted by molar-refractivity contribution is -0.150. The molecule has 158 valence electrons. The minimum absolute atomic E-state index is 0.184. The monoisotopic (exact) mass is 416 g/mol. The number of carbonyl (C=O) groups excluding carboxylic acids is 2. The summed E-state index contributed by atoms with van der Waals surface area (Å²) in [5, 5.41) is 0. The molecule has 1 unspecified atom stereocenters. The van der Waals surface area contributed by atoms with E-state index in [1.54, 1.807) is 0 Å². The number of carbonyl (C=O) groups is 2. The highest BCUT2D eigenvalue weighted by Gasteiger charge is 2.33. The topological polar surface area (TPSA) is 61.8 Å². The number of esters is 2. The van der Waals surface area contributed by atoms with Gasteiger partial charge in [0.05, 0.1) is 0 Å². The normalized spacial score (nSPS) is 17.8. The van der Waals surface area contributed by atoms with Crippen LogP contribution in [-0.2, 0) is 30.4 Å². The van der Waals surface area contributed by atoms with Crippen molar-refractivity contribution < 1.29 is 23.8 Å². The number of allylic oxidation sites excluding steroid dienone is 2. The molecule has 1 atom stereocenters. The number of hydrogen-bond donors (Lipinski definition) is 0. The first-order valence-corrected chi connectivity index (χ1v) is 10.4. The van der Waals surface area contributed by atoms with E-state index in [-0.39, 0.29) is 19.2 Å². The Hall–Kier alpha value is -3.60. The Morgan fingerprint density at radius 1 is 1.03 bits per heavy atom. The highest BCUT2D eigenvalue weighted by molar-refractivity contribution is 5.99. The summed E-state index contributed by atoms with van der Waals surface area (Å²) in [4.78, 5) is 24.3. The van der Waals surface area contributed by atoms with Gasteiger partial charge in [0.2, 0.25) is 0 Å². The third-order valence-corrected chi connectivity index (χ3v) is 5.31. The van der Waals surface area contributed by atoms with E-state index in [1.165, 1.54) is 6.08 Å². The van der Waals surface area contributed by atoms with Gasteiger partial charge in [0.25, 0.3) is 0 Å². The largest absolute Gasteiger partial charge is 0.486 e. The van der Waals surface area contributed by atoms with Gasteiger partial charge in [-0.1, -0.05) is 67.6 Å². The van der Waals surface area contributed by atoms with Crippen LogP contribution in [0.5, 0.6) is 0 Å². The maximum Gasteiger partial charge on any atom is 0.344 e. The van der Waals surface area contributed by atoms with Gasteiger partial charge in [0, 0.05) is 18.1 Å². The summed E-state index contributed by atoms with van der Waals surface area (Å²) < 4.78 is 16.7. The summed E-state index contributed by atoms with van der Waals surface area (Å²) in [5.74, 6) is -0.148. The van der Waals surface area contributed by atoms with Gasteiger partial charge in [-0.25, -0.2) is 9.59 Å². The summed E-state index contributed by atoms with van der Waals surface area (Å²) in [7, 11) is 0. The molecule has 0 fully saturated rings. The van der Waals surface area contributed by atoms with E-state index in [0.717, 1.165) is 34.3 Å². The Morgan fingerprint density at radius 2 is 1.74 bits per heavy atom. The molecule has 0 radical (unpaired) electrons. The smallest absolute Gasteiger partial charge is 0.344 e. The zero-order valence-electron chi connectivity index (χ0n) is 17.4. The molecule has 2 aliphatic rings. The number of ether oxygens (including phenoxy) is 3. The zero-order chi connectivity index (χ0) is 21.6. The molecule has 1 aliphatic heterocycles. The van der Waals surface area contributed by atoms with E-state index in [4.69, 9.17) is 14.2 Å². The molecule has 31 heavy (non-hydrogen) atoms. The van der Waals surface area contributed by atoms with Gasteiger partial charge in [-0.05, 0) is 34.8 Å². The van der Waals surface area contributed by atoms with Crippen LogP contribution in [0.3, 0.4) is 0 Å². The van der Waals surface area contributed by atoms with Gasteiger partial charge in [-0.15, -0.1) is 0 Å². The molecule has 2 aromatic carbocycles. The molecule has 0 saturated heterocycles. The summed E-state index contributed by atoms with van der Waals surface area (Å²) >= 11 is 0. The van der Waals surface area contributed by atoms with E-state index in [0.29, 0.717) is 12.2 Å². The Bertz CT molecular complexity index is 1050. The molecular weight excluding hydrogens is 392 g/mol. The van der Waals surface area contributed by atoms with Gasteiger partial charge in [0.1, 0.15) is 18.5 Å². The zero-order valence-corrected chi connectivity index (χ0v) is 17.4. The number of rotatable bonds is 7. The quantitative estimate of drug-likeness (QED) is 0.610. The van der Waals surface area contributed by atoms with Crippen LogP contribution in [0.25, 0.3) is 5.57 Å². The van der Waals surface area contributed by atoms with E-state index in [2.05, 4.69) is 0 Å². The van der Waals surface area contributed by atoms with E-state index < -0.39 is 12.1 Å². The second-order valence-corrected chi connectivity index (χ2v) is 7.39. The summed E-state index contributed by atoms with van der Waals surface area (Å²) in [6, 6.07) is 19.3. The fraction of sp³-hybridized carbons (Fsp3) is 0.231. The van der Waals surface area contributed by atoms with Crippen LogP contribution in [-0.4, -0.2) is 24.6 Å². The molecule has 0 saturated carbocycles. The first-order chi connectivity index (χ1) is 15.1. The lowest BCUT2D eigenvalue weighted by atomic mass is 9.84. The Morgan fingerprint density at radius 3 is 2.45 bits per heavy atom. The van der Waals surface area contributed by atoms with Crippen LogP contribution in [0, 0.1) is 0 Å². The number of fused-ring (bicyclic) bond motifs is 1. The fourth-order valence-electron chi connectivity index (χ4n) is 3.75. The summed E-state index contributed by atoms with van der Waals surface area (Å²) in [6.45, 7) is 2.06. The first-order valence-electron chi connectivity index (χ1n) is 10.4. The van der Waals surface area contributed by atoms with Crippen molar-refractivity contribution in [3.05, 3.63) is 101 Å². The van der Waals surface area contributed by atoms with Gasteiger partial charge in [-0.3, -0.25) is 0 Å². The van der Waals surface area contributed by atoms with Crippen LogP contribution in [0.15, 0.2) is 89.7 Å². The Balaban J connectivity index is 1.47. The molecule has 1 heterocycles. The summed E-state index contributed by atoms with van der Waals surface area (Å²) in [5.41, 5.74) is 4.71. The van der Waals surface area contributed by atoms with Crippen molar-refractivity contribution in [1.82, 2.24) is 0 Å². The Labute approximate surface area is 181 Å². The third-order valence-electron chi connectivity index (χ3n) is 5.31. The number of hydrogen-bond acceptors (Lipinski definition) is 5. The van der Waals surface area contributed by atoms with Gasteiger partial charge < -0.3 is 14.2 Å². The van der Waals surface area contributed by atoms with Crippen LogP contribution in [0.4, 0.5) is 0 Å². The SMILES string of the molecule is CCC1=C(OCC(=O)OCc2ccccc2)CC2OC(=O)C=C(c3ccccc3)C2=C1. The van der Waals surface area contributed by atoms with Gasteiger partial charge >= 0.3 is 11.9 Å². The van der Waals surface area contributed by atoms with Crippen molar-refractivity contribution >= 4 is 17.5 Å². The molecule has 4 rings (SSSR count). The average molecular weight is 416 g/mol. The van der Waals surface area contributed by atoms with E-state index in [1.807, 2.05) is 73.7 Å². The molecule has 0 aromatic heterocycles. The molecular formula is C26H24O5. The van der Waals surface area contributed by atoms with Crippen molar-refractivity contribution in [3.8, 4) is 0 Å². The van der Waals surface area contributed by atoms with Crippen molar-refractivity contribution in [2.45, 2.75) is 32.5 Å². The first kappa shape index (κ1) is 20.7. The maximum absolute atomic E-state index is 12.2. The minimum atomic E-state index is -0.438. The molecule has 1 aliphatic carbocycles. The van der Waals surface area contributed by atoms with Crippen molar-refractivity contribution in [1.29, 1.82) is 0 Å². The molecule has 0 amide bonds. The van der Waals surface area contributed by atoms with Crippen molar-refractivity contribution in [2.24, 2.45) is 0 Å². The molecule has 5 heteroatoms. The lowest BCUT2D eigenvalue weighted by Crippen LogP contribution is -2.29. The Kier molecular flexibility index (Phi) is 6.32. The molecule has 5 nitrogen and oxygen atoms in total. The van der Waals surface area contributed by atoms with E-state index in [9.17, 15) is 9.59 Å². The summed E-state index contributed by atoms with van der Waals surface area (Å²) in [6.07, 6.45) is 4.26. The second kappa shape index (κ2) is 9.47. The minimum Gasteiger partial charge on any atom is -0.486 e. The average Bonchev–Trinajstić information content (AvgIpc) is 2.81. The van der Waals surface area contributed by atoms with E-state index >= 15 is 0 Å². The van der Waals surface area contributed by atoms with Crippen LogP contribution < -0.4 is 0 Å². The van der Waals surface area contributed by atoms with Crippen molar-refractivity contribution in [3.63, 3.8) is 0 Å². The predicted octanol–water partition coefficient (Wildman–Crippen LogP) is 4.75. The van der Waals surface area contributed by atoms with Crippen molar-refractivity contribution in [2.75, 3.05) is 6.61 Å². The van der Waals surface area contributed by atoms with Gasteiger partial charge in [-0.2, -0.15) is 0 Å². The third kappa shape index (κ3) is 4.94. The van der Waals surface area contributed by atoms with Crippen LogP contribution >= 0.6 is 0 Å². The highest BCUT2D eigenvalue weighted by atomic mass is 16.6. The fourth-order valence-corrected chi connectivity index (χ4v) is 3.75. The molecule has 0 N–H and O–H groups in total. The molecule has 0 spiro atoms.